The van der Waals surface area contributed by atoms with E-state index in [1.165, 1.54) is 18.5 Å². The van der Waals surface area contributed by atoms with Crippen LogP contribution < -0.4 is 15.5 Å². The van der Waals surface area contributed by atoms with Crippen LogP contribution in [0.15, 0.2) is 36.5 Å². The van der Waals surface area contributed by atoms with E-state index in [0.29, 0.717) is 5.95 Å². The van der Waals surface area contributed by atoms with Crippen molar-refractivity contribution in [3.8, 4) is 0 Å². The number of anilines is 4. The third-order valence-electron chi connectivity index (χ3n) is 4.48. The number of benzene rings is 1. The molecule has 5 heteroatoms. The number of aromatic nitrogens is 2. The number of hydrogen-bond acceptors (Lipinski definition) is 5. The fourth-order valence-corrected chi connectivity index (χ4v) is 2.92. The summed E-state index contributed by atoms with van der Waals surface area (Å²) in [5.41, 5.74) is 2.35. The van der Waals surface area contributed by atoms with Gasteiger partial charge < -0.3 is 15.5 Å². The molecule has 1 aliphatic rings. The monoisotopic (exact) mass is 325 g/mol. The molecular formula is C19H27N5. The fourth-order valence-electron chi connectivity index (χ4n) is 2.92. The van der Waals surface area contributed by atoms with E-state index < -0.39 is 0 Å². The fraction of sp³-hybridized carbons (Fsp3) is 0.474. The van der Waals surface area contributed by atoms with E-state index in [9.17, 15) is 0 Å². The van der Waals surface area contributed by atoms with Crippen LogP contribution >= 0.6 is 0 Å². The van der Waals surface area contributed by atoms with E-state index in [2.05, 4.69) is 63.6 Å². The third kappa shape index (κ3) is 4.37. The molecule has 1 aromatic carbocycles. The Labute approximate surface area is 144 Å². The van der Waals surface area contributed by atoms with Crippen molar-refractivity contribution in [3.63, 3.8) is 0 Å². The second-order valence-electron chi connectivity index (χ2n) is 6.53. The summed E-state index contributed by atoms with van der Waals surface area (Å²) in [7, 11) is 0. The van der Waals surface area contributed by atoms with Crippen LogP contribution in [0.25, 0.3) is 0 Å². The largest absolute Gasteiger partial charge is 0.372 e. The van der Waals surface area contributed by atoms with Gasteiger partial charge in [0.15, 0.2) is 0 Å². The molecule has 1 saturated heterocycles. The molecule has 0 spiro atoms. The Hall–Kier alpha value is -2.30. The molecule has 0 aliphatic carbocycles. The molecule has 0 unspecified atom stereocenters. The number of hydrogen-bond donors (Lipinski definition) is 2. The predicted molar refractivity (Wildman–Crippen MR) is 101 cm³/mol. The van der Waals surface area contributed by atoms with E-state index in [1.807, 2.05) is 6.07 Å². The number of piperidine rings is 1. The summed E-state index contributed by atoms with van der Waals surface area (Å²) in [6.45, 7) is 7.67. The smallest absolute Gasteiger partial charge is 0.224 e. The Bertz CT molecular complexity index is 632. The van der Waals surface area contributed by atoms with Crippen molar-refractivity contribution in [2.24, 2.45) is 5.92 Å². The van der Waals surface area contributed by atoms with Gasteiger partial charge in [0.25, 0.3) is 0 Å². The molecular weight excluding hydrogens is 298 g/mol. The highest BCUT2D eigenvalue weighted by atomic mass is 15.1. The molecule has 0 radical (unpaired) electrons. The summed E-state index contributed by atoms with van der Waals surface area (Å²) in [5.74, 6) is 2.33. The second kappa shape index (κ2) is 7.99. The maximum atomic E-state index is 4.48. The van der Waals surface area contributed by atoms with Gasteiger partial charge in [-0.3, -0.25) is 0 Å². The molecule has 0 atom stereocenters. The molecule has 2 N–H and O–H groups in total. The Morgan fingerprint density at radius 3 is 2.58 bits per heavy atom. The van der Waals surface area contributed by atoms with Crippen molar-refractivity contribution in [1.29, 1.82) is 0 Å². The number of nitrogens with zero attached hydrogens (tertiary/aromatic N) is 3. The predicted octanol–water partition coefficient (Wildman–Crippen LogP) is 4.28. The van der Waals surface area contributed by atoms with Gasteiger partial charge in [-0.2, -0.15) is 4.98 Å². The van der Waals surface area contributed by atoms with Gasteiger partial charge in [0, 0.05) is 37.2 Å². The normalized spacial score (nSPS) is 15.3. The zero-order chi connectivity index (χ0) is 16.8. The van der Waals surface area contributed by atoms with E-state index in [0.717, 1.165) is 43.5 Å². The first kappa shape index (κ1) is 16.6. The van der Waals surface area contributed by atoms with Crippen molar-refractivity contribution < 1.29 is 0 Å². The molecule has 0 saturated carbocycles. The highest BCUT2D eigenvalue weighted by Gasteiger charge is 2.15. The first-order valence-electron chi connectivity index (χ1n) is 8.93. The number of nitrogens with one attached hydrogen (secondary N) is 2. The Balaban J connectivity index is 1.62. The summed E-state index contributed by atoms with van der Waals surface area (Å²) >= 11 is 0. The summed E-state index contributed by atoms with van der Waals surface area (Å²) in [6, 6.07) is 10.5. The molecule has 5 nitrogen and oxygen atoms in total. The van der Waals surface area contributed by atoms with Crippen LogP contribution in [-0.2, 0) is 0 Å². The lowest BCUT2D eigenvalue weighted by Gasteiger charge is -2.32. The minimum Gasteiger partial charge on any atom is -0.372 e. The van der Waals surface area contributed by atoms with Crippen molar-refractivity contribution in [3.05, 3.63) is 36.5 Å². The average Bonchev–Trinajstić information content (AvgIpc) is 2.62. The minimum atomic E-state index is 0.668. The molecule has 0 amide bonds. The molecule has 1 aliphatic heterocycles. The van der Waals surface area contributed by atoms with E-state index in [1.54, 1.807) is 6.20 Å². The lowest BCUT2D eigenvalue weighted by atomic mass is 9.99. The van der Waals surface area contributed by atoms with E-state index in [-0.39, 0.29) is 0 Å². The van der Waals surface area contributed by atoms with Gasteiger partial charge in [0.2, 0.25) is 5.95 Å². The van der Waals surface area contributed by atoms with Crippen LogP contribution in [0.1, 0.15) is 33.1 Å². The quantitative estimate of drug-likeness (QED) is 0.830. The zero-order valence-electron chi connectivity index (χ0n) is 14.6. The van der Waals surface area contributed by atoms with Crippen molar-refractivity contribution in [2.75, 3.05) is 35.2 Å². The zero-order valence-corrected chi connectivity index (χ0v) is 14.6. The highest BCUT2D eigenvalue weighted by Crippen LogP contribution is 2.25. The number of rotatable bonds is 6. The van der Waals surface area contributed by atoms with E-state index >= 15 is 0 Å². The maximum absolute atomic E-state index is 4.48. The van der Waals surface area contributed by atoms with Crippen molar-refractivity contribution in [1.82, 2.24) is 9.97 Å². The van der Waals surface area contributed by atoms with Crippen LogP contribution in [0.5, 0.6) is 0 Å². The maximum Gasteiger partial charge on any atom is 0.224 e. The first-order chi connectivity index (χ1) is 11.7. The molecule has 3 rings (SSSR count). The van der Waals surface area contributed by atoms with Gasteiger partial charge in [0.1, 0.15) is 5.82 Å². The third-order valence-corrected chi connectivity index (χ3v) is 4.48. The molecule has 24 heavy (non-hydrogen) atoms. The molecule has 1 aromatic heterocycles. The summed E-state index contributed by atoms with van der Waals surface area (Å²) in [4.78, 5) is 11.2. The van der Waals surface area contributed by atoms with Gasteiger partial charge in [-0.1, -0.05) is 13.8 Å². The van der Waals surface area contributed by atoms with Gasteiger partial charge in [-0.15, -0.1) is 0 Å². The summed E-state index contributed by atoms with van der Waals surface area (Å²) in [5, 5.41) is 6.56. The van der Waals surface area contributed by atoms with Gasteiger partial charge >= 0.3 is 0 Å². The van der Waals surface area contributed by atoms with Gasteiger partial charge in [-0.25, -0.2) is 4.98 Å². The van der Waals surface area contributed by atoms with Crippen LogP contribution in [0.3, 0.4) is 0 Å². The van der Waals surface area contributed by atoms with E-state index in [4.69, 9.17) is 0 Å². The second-order valence-corrected chi connectivity index (χ2v) is 6.53. The highest BCUT2D eigenvalue weighted by molar-refractivity contribution is 5.61. The van der Waals surface area contributed by atoms with Gasteiger partial charge in [-0.05, 0) is 55.5 Å². The summed E-state index contributed by atoms with van der Waals surface area (Å²) < 4.78 is 0. The standard InChI is InChI=1S/C19H27N5/c1-3-11-20-19-21-12-8-18(23-19)22-16-4-6-17(7-5-16)24-13-9-15(2)10-14-24/h4-8,12,15H,3,9-11,13-14H2,1-2H3,(H2,20,21,22,23). The topological polar surface area (TPSA) is 53.1 Å². The minimum absolute atomic E-state index is 0.668. The molecule has 1 fully saturated rings. The lowest BCUT2D eigenvalue weighted by Crippen LogP contribution is -2.32. The van der Waals surface area contributed by atoms with Crippen molar-refractivity contribution in [2.45, 2.75) is 33.1 Å². The van der Waals surface area contributed by atoms with Crippen LogP contribution in [0.2, 0.25) is 0 Å². The average molecular weight is 325 g/mol. The van der Waals surface area contributed by atoms with Crippen LogP contribution in [-0.4, -0.2) is 29.6 Å². The Kier molecular flexibility index (Phi) is 5.51. The van der Waals surface area contributed by atoms with Crippen molar-refractivity contribution >= 4 is 23.1 Å². The SMILES string of the molecule is CCCNc1nccc(Nc2ccc(N3CCC(C)CC3)cc2)n1. The molecule has 2 aromatic rings. The first-order valence-corrected chi connectivity index (χ1v) is 8.93. The lowest BCUT2D eigenvalue weighted by molar-refractivity contribution is 0.438. The molecule has 0 bridgehead atoms. The molecule has 2 heterocycles. The van der Waals surface area contributed by atoms with Crippen LogP contribution in [0.4, 0.5) is 23.1 Å². The van der Waals surface area contributed by atoms with Gasteiger partial charge in [0.05, 0.1) is 0 Å². The summed E-state index contributed by atoms with van der Waals surface area (Å²) in [6.07, 6.45) is 5.40. The Morgan fingerprint density at radius 2 is 1.88 bits per heavy atom. The van der Waals surface area contributed by atoms with Crippen LogP contribution in [0, 0.1) is 5.92 Å². The molecule has 128 valence electrons. The Morgan fingerprint density at radius 1 is 1.12 bits per heavy atom.